The predicted octanol–water partition coefficient (Wildman–Crippen LogP) is 2.51. The van der Waals surface area contributed by atoms with Crippen molar-refractivity contribution in [2.75, 3.05) is 6.61 Å². The van der Waals surface area contributed by atoms with Gasteiger partial charge in [0.15, 0.2) is 11.9 Å². The van der Waals surface area contributed by atoms with Crippen molar-refractivity contribution in [2.45, 2.75) is 50.5 Å². The number of amides is 2. The third-order valence-electron chi connectivity index (χ3n) is 4.18. The summed E-state index contributed by atoms with van der Waals surface area (Å²) >= 11 is 0. The Morgan fingerprint density at radius 2 is 2.26 bits per heavy atom. The van der Waals surface area contributed by atoms with Gasteiger partial charge in [0.05, 0.1) is 12.3 Å². The molecule has 0 saturated carbocycles. The standard InChI is InChI=1S/C14H20FN2O5P/c1-8(2)23(19)20-7-10-11(22-23)14(4,15)12(21-10)17-6-5-9(3)16-13(17)18/h5-6,8,10-12H,3,7H2,1-2,4H3,(H,16,18)/t10-,11-,12-,14-,23?/m1/s1. The number of carbonyl (C=O) groups is 1. The van der Waals surface area contributed by atoms with E-state index in [2.05, 4.69) is 11.9 Å². The average molecular weight is 346 g/mol. The number of nitrogens with one attached hydrogen (secondary N) is 1. The van der Waals surface area contributed by atoms with Gasteiger partial charge in [0, 0.05) is 11.9 Å². The Morgan fingerprint density at radius 1 is 1.57 bits per heavy atom. The molecule has 9 heteroatoms. The van der Waals surface area contributed by atoms with Gasteiger partial charge in [0.1, 0.15) is 12.2 Å². The molecule has 1 N–H and O–H groups in total. The smallest absolute Gasteiger partial charge is 0.333 e. The SMILES string of the molecule is C=C1C=CN([C@@H]2O[C@@H]3COP(=O)(C(C)C)O[C@H]3[C@@]2(C)F)C(=O)N1. The van der Waals surface area contributed by atoms with Crippen LogP contribution in [0.5, 0.6) is 0 Å². The highest BCUT2D eigenvalue weighted by Crippen LogP contribution is 2.60. The van der Waals surface area contributed by atoms with E-state index in [9.17, 15) is 9.36 Å². The van der Waals surface area contributed by atoms with Gasteiger partial charge in [-0.2, -0.15) is 0 Å². The lowest BCUT2D eigenvalue weighted by Crippen LogP contribution is -2.54. The van der Waals surface area contributed by atoms with Gasteiger partial charge in [-0.15, -0.1) is 0 Å². The molecule has 2 amide bonds. The first-order chi connectivity index (χ1) is 10.6. The van der Waals surface area contributed by atoms with Gasteiger partial charge in [-0.3, -0.25) is 14.0 Å². The highest BCUT2D eigenvalue weighted by atomic mass is 31.2. The van der Waals surface area contributed by atoms with E-state index in [-0.39, 0.29) is 12.3 Å². The monoisotopic (exact) mass is 346 g/mol. The Hall–Kier alpha value is -1.21. The van der Waals surface area contributed by atoms with Crippen molar-refractivity contribution in [1.29, 1.82) is 0 Å². The molecule has 23 heavy (non-hydrogen) atoms. The number of allylic oxidation sites excluding steroid dienone is 1. The summed E-state index contributed by atoms with van der Waals surface area (Å²) in [6.45, 7) is 8.23. The molecule has 2 fully saturated rings. The van der Waals surface area contributed by atoms with Crippen LogP contribution < -0.4 is 5.32 Å². The number of urea groups is 1. The average Bonchev–Trinajstić information content (AvgIpc) is 2.70. The van der Waals surface area contributed by atoms with Crippen LogP contribution in [0.15, 0.2) is 24.6 Å². The fourth-order valence-corrected chi connectivity index (χ4v) is 4.43. The number of halogens is 1. The molecule has 0 aromatic rings. The van der Waals surface area contributed by atoms with E-state index in [1.807, 2.05) is 0 Å². The molecule has 2 saturated heterocycles. The Bertz CT molecular complexity index is 620. The summed E-state index contributed by atoms with van der Waals surface area (Å²) in [5.41, 5.74) is -2.02. The van der Waals surface area contributed by atoms with E-state index in [0.29, 0.717) is 5.70 Å². The number of ether oxygens (including phenoxy) is 1. The molecule has 0 aliphatic carbocycles. The van der Waals surface area contributed by atoms with Gasteiger partial charge in [0.25, 0.3) is 0 Å². The van der Waals surface area contributed by atoms with E-state index >= 15 is 4.39 Å². The molecular formula is C14H20FN2O5P. The summed E-state index contributed by atoms with van der Waals surface area (Å²) in [5.74, 6) is 0. The molecule has 0 aromatic carbocycles. The second kappa shape index (κ2) is 5.41. The summed E-state index contributed by atoms with van der Waals surface area (Å²) in [7, 11) is -3.40. The van der Waals surface area contributed by atoms with E-state index in [4.69, 9.17) is 13.8 Å². The topological polar surface area (TPSA) is 77.1 Å². The predicted molar refractivity (Wildman–Crippen MR) is 80.4 cm³/mol. The number of alkyl halides is 1. The zero-order valence-corrected chi connectivity index (χ0v) is 14.1. The fourth-order valence-electron chi connectivity index (χ4n) is 2.81. The Morgan fingerprint density at radius 3 is 2.87 bits per heavy atom. The number of rotatable bonds is 2. The van der Waals surface area contributed by atoms with Crippen LogP contribution in [0, 0.1) is 0 Å². The molecule has 3 aliphatic rings. The Labute approximate surface area is 134 Å². The van der Waals surface area contributed by atoms with Gasteiger partial charge in [-0.05, 0) is 13.0 Å². The lowest BCUT2D eigenvalue weighted by atomic mass is 9.98. The first kappa shape index (κ1) is 16.6. The van der Waals surface area contributed by atoms with Crippen LogP contribution in [0.2, 0.25) is 0 Å². The van der Waals surface area contributed by atoms with Crippen LogP contribution in [0.25, 0.3) is 0 Å². The van der Waals surface area contributed by atoms with Gasteiger partial charge in [-0.1, -0.05) is 20.4 Å². The minimum Gasteiger partial charge on any atom is -0.346 e. The van der Waals surface area contributed by atoms with Crippen LogP contribution in [0.1, 0.15) is 20.8 Å². The minimum atomic E-state index is -3.40. The Balaban J connectivity index is 1.87. The molecule has 3 heterocycles. The Kier molecular flexibility index (Phi) is 3.92. The van der Waals surface area contributed by atoms with Crippen molar-refractivity contribution in [3.8, 4) is 0 Å². The summed E-state index contributed by atoms with van der Waals surface area (Å²) in [4.78, 5) is 13.2. The van der Waals surface area contributed by atoms with Crippen molar-refractivity contribution in [2.24, 2.45) is 0 Å². The summed E-state index contributed by atoms with van der Waals surface area (Å²) in [6, 6.07) is -0.544. The highest BCUT2D eigenvalue weighted by Gasteiger charge is 2.62. The number of carbonyl (C=O) groups excluding carboxylic acids is 1. The van der Waals surface area contributed by atoms with Crippen LogP contribution >= 0.6 is 7.60 Å². The minimum absolute atomic E-state index is 0.0397. The van der Waals surface area contributed by atoms with Crippen molar-refractivity contribution in [3.63, 3.8) is 0 Å². The molecule has 7 nitrogen and oxygen atoms in total. The van der Waals surface area contributed by atoms with Gasteiger partial charge >= 0.3 is 13.6 Å². The number of hydrogen-bond acceptors (Lipinski definition) is 5. The second-order valence-electron chi connectivity index (χ2n) is 6.31. The summed E-state index contributed by atoms with van der Waals surface area (Å²) < 4.78 is 44.4. The maximum Gasteiger partial charge on any atom is 0.333 e. The molecule has 0 aromatic heterocycles. The van der Waals surface area contributed by atoms with E-state index < -0.39 is 37.7 Å². The zero-order chi connectivity index (χ0) is 17.0. The van der Waals surface area contributed by atoms with Gasteiger partial charge in [0.2, 0.25) is 0 Å². The lowest BCUT2D eigenvalue weighted by Gasteiger charge is -2.37. The molecule has 5 atom stereocenters. The van der Waals surface area contributed by atoms with Crippen LogP contribution in [-0.2, 0) is 18.3 Å². The molecule has 0 spiro atoms. The van der Waals surface area contributed by atoms with Crippen molar-refractivity contribution in [1.82, 2.24) is 10.2 Å². The zero-order valence-electron chi connectivity index (χ0n) is 13.2. The van der Waals surface area contributed by atoms with E-state index in [1.54, 1.807) is 19.9 Å². The molecule has 3 aliphatic heterocycles. The molecular weight excluding hydrogens is 326 g/mol. The molecule has 1 unspecified atom stereocenters. The number of nitrogens with zero attached hydrogens (tertiary/aromatic N) is 1. The third-order valence-corrected chi connectivity index (χ3v) is 6.48. The first-order valence-electron chi connectivity index (χ1n) is 7.38. The van der Waals surface area contributed by atoms with Crippen LogP contribution in [-0.4, -0.2) is 47.3 Å². The van der Waals surface area contributed by atoms with Crippen LogP contribution in [0.4, 0.5) is 9.18 Å². The fraction of sp³-hybridized carbons (Fsp3) is 0.643. The van der Waals surface area contributed by atoms with E-state index in [1.165, 1.54) is 13.1 Å². The molecule has 0 bridgehead atoms. The largest absolute Gasteiger partial charge is 0.346 e. The van der Waals surface area contributed by atoms with Crippen molar-refractivity contribution in [3.05, 3.63) is 24.6 Å². The number of fused-ring (bicyclic) bond motifs is 1. The molecule has 3 rings (SSSR count). The highest BCUT2D eigenvalue weighted by molar-refractivity contribution is 7.54. The maximum absolute atomic E-state index is 15.4. The molecule has 0 radical (unpaired) electrons. The second-order valence-corrected chi connectivity index (χ2v) is 8.89. The first-order valence-corrected chi connectivity index (χ1v) is 9.00. The molecule has 128 valence electrons. The maximum atomic E-state index is 15.4. The van der Waals surface area contributed by atoms with Gasteiger partial charge in [-0.25, -0.2) is 9.18 Å². The summed E-state index contributed by atoms with van der Waals surface area (Å²) in [6.07, 6.45) is -0.0598. The van der Waals surface area contributed by atoms with Gasteiger partial charge < -0.3 is 14.6 Å². The quantitative estimate of drug-likeness (QED) is 0.778. The third kappa shape index (κ3) is 2.63. The van der Waals surface area contributed by atoms with E-state index in [0.717, 1.165) is 4.90 Å². The lowest BCUT2D eigenvalue weighted by molar-refractivity contribution is -0.0726. The van der Waals surface area contributed by atoms with Crippen molar-refractivity contribution >= 4 is 13.6 Å². The van der Waals surface area contributed by atoms with Crippen molar-refractivity contribution < 1.29 is 27.5 Å². The normalized spacial score (nSPS) is 43.7. The van der Waals surface area contributed by atoms with Crippen LogP contribution in [0.3, 0.4) is 0 Å². The summed E-state index contributed by atoms with van der Waals surface area (Å²) in [5, 5.41) is 2.49. The number of hydrogen-bond donors (Lipinski definition) is 1.